The van der Waals surface area contributed by atoms with Crippen molar-refractivity contribution in [3.05, 3.63) is 58.6 Å². The molecule has 1 N–H and O–H groups in total. The van der Waals surface area contributed by atoms with Gasteiger partial charge in [-0.05, 0) is 55.3 Å². The summed E-state index contributed by atoms with van der Waals surface area (Å²) in [6, 6.07) is 14.3. The summed E-state index contributed by atoms with van der Waals surface area (Å²) >= 11 is 5.98. The van der Waals surface area contributed by atoms with Gasteiger partial charge in [0.25, 0.3) is 0 Å². The highest BCUT2D eigenvalue weighted by molar-refractivity contribution is 6.30. The van der Waals surface area contributed by atoms with Gasteiger partial charge in [0.1, 0.15) is 0 Å². The van der Waals surface area contributed by atoms with E-state index in [1.807, 2.05) is 30.0 Å². The maximum atomic E-state index is 12.5. The van der Waals surface area contributed by atoms with Crippen LogP contribution < -0.4 is 10.2 Å². The maximum absolute atomic E-state index is 12.5. The number of hydrogen-bond acceptors (Lipinski definition) is 3. The van der Waals surface area contributed by atoms with E-state index in [1.165, 1.54) is 11.3 Å². The van der Waals surface area contributed by atoms with E-state index in [1.54, 1.807) is 0 Å². The number of carbonyl (C=O) groups is 1. The number of halogens is 1. The molecule has 1 saturated heterocycles. The van der Waals surface area contributed by atoms with Gasteiger partial charge in [0.2, 0.25) is 5.91 Å². The lowest BCUT2D eigenvalue weighted by molar-refractivity contribution is -0.131. The van der Waals surface area contributed by atoms with E-state index in [2.05, 4.69) is 41.4 Å². The van der Waals surface area contributed by atoms with Gasteiger partial charge in [-0.1, -0.05) is 23.7 Å². The van der Waals surface area contributed by atoms with Crippen molar-refractivity contribution in [2.75, 3.05) is 42.9 Å². The molecule has 1 fully saturated rings. The average molecular weight is 372 g/mol. The fourth-order valence-electron chi connectivity index (χ4n) is 3.33. The first-order valence-electron chi connectivity index (χ1n) is 9.12. The third kappa shape index (κ3) is 4.70. The lowest BCUT2D eigenvalue weighted by Crippen LogP contribution is -2.49. The van der Waals surface area contributed by atoms with E-state index in [0.29, 0.717) is 13.0 Å². The maximum Gasteiger partial charge on any atom is 0.224 e. The quantitative estimate of drug-likeness (QED) is 0.859. The fraction of sp³-hybridized carbons (Fsp3) is 0.381. The minimum absolute atomic E-state index is 0.216. The van der Waals surface area contributed by atoms with Gasteiger partial charge in [0, 0.05) is 55.5 Å². The zero-order valence-corrected chi connectivity index (χ0v) is 16.2. The van der Waals surface area contributed by atoms with Gasteiger partial charge < -0.3 is 15.1 Å². The smallest absolute Gasteiger partial charge is 0.224 e. The predicted octanol–water partition coefficient (Wildman–Crippen LogP) is 4.11. The van der Waals surface area contributed by atoms with Crippen LogP contribution in [-0.2, 0) is 4.79 Å². The van der Waals surface area contributed by atoms with Gasteiger partial charge >= 0.3 is 0 Å². The van der Waals surface area contributed by atoms with E-state index in [4.69, 9.17) is 11.6 Å². The highest BCUT2D eigenvalue weighted by atomic mass is 35.5. The number of rotatable bonds is 5. The molecule has 1 aliphatic rings. The minimum atomic E-state index is 0.216. The second-order valence-corrected chi connectivity index (χ2v) is 7.28. The molecular weight excluding hydrogens is 346 g/mol. The molecule has 2 aromatic rings. The fourth-order valence-corrected chi connectivity index (χ4v) is 3.55. The molecule has 0 spiro atoms. The van der Waals surface area contributed by atoms with Crippen molar-refractivity contribution in [1.29, 1.82) is 0 Å². The second-order valence-electron chi connectivity index (χ2n) is 6.84. The van der Waals surface area contributed by atoms with Gasteiger partial charge in [-0.3, -0.25) is 4.79 Å². The first kappa shape index (κ1) is 18.6. The molecule has 2 aromatic carbocycles. The molecule has 138 valence electrons. The van der Waals surface area contributed by atoms with Crippen LogP contribution >= 0.6 is 11.6 Å². The molecule has 0 saturated carbocycles. The zero-order chi connectivity index (χ0) is 18.5. The normalized spacial score (nSPS) is 14.4. The Balaban J connectivity index is 1.45. The number of hydrogen-bond donors (Lipinski definition) is 1. The molecule has 3 rings (SSSR count). The largest absolute Gasteiger partial charge is 0.384 e. The van der Waals surface area contributed by atoms with Crippen LogP contribution in [-0.4, -0.2) is 43.5 Å². The molecular formula is C21H26ClN3O. The summed E-state index contributed by atoms with van der Waals surface area (Å²) in [5.41, 5.74) is 4.64. The standard InChI is InChI=1S/C21H26ClN3O/c1-16-4-3-5-19(14-16)24-10-12-25(13-11-24)21(26)8-9-23-20-7-6-18(22)15-17(20)2/h3-7,14-15,23H,8-13H2,1-2H3. The molecule has 26 heavy (non-hydrogen) atoms. The van der Waals surface area contributed by atoms with E-state index < -0.39 is 0 Å². The Morgan fingerprint density at radius 1 is 1.08 bits per heavy atom. The van der Waals surface area contributed by atoms with Crippen molar-refractivity contribution in [3.63, 3.8) is 0 Å². The Hall–Kier alpha value is -2.20. The van der Waals surface area contributed by atoms with Crippen molar-refractivity contribution >= 4 is 28.9 Å². The molecule has 0 aliphatic carbocycles. The molecule has 0 atom stereocenters. The minimum Gasteiger partial charge on any atom is -0.384 e. The van der Waals surface area contributed by atoms with Gasteiger partial charge in [-0.25, -0.2) is 0 Å². The first-order valence-corrected chi connectivity index (χ1v) is 9.50. The van der Waals surface area contributed by atoms with Crippen LogP contribution in [0.3, 0.4) is 0 Å². The average Bonchev–Trinajstić information content (AvgIpc) is 2.63. The summed E-state index contributed by atoms with van der Waals surface area (Å²) in [5.74, 6) is 0.216. The van der Waals surface area contributed by atoms with Crippen molar-refractivity contribution in [1.82, 2.24) is 4.90 Å². The lowest BCUT2D eigenvalue weighted by Gasteiger charge is -2.36. The van der Waals surface area contributed by atoms with E-state index in [0.717, 1.165) is 42.5 Å². The summed E-state index contributed by atoms with van der Waals surface area (Å²) in [5, 5.41) is 4.07. The molecule has 4 nitrogen and oxygen atoms in total. The van der Waals surface area contributed by atoms with E-state index >= 15 is 0 Å². The Bertz CT molecular complexity index is 770. The van der Waals surface area contributed by atoms with Crippen LogP contribution in [0.25, 0.3) is 0 Å². The summed E-state index contributed by atoms with van der Waals surface area (Å²) in [7, 11) is 0. The third-order valence-electron chi connectivity index (χ3n) is 4.84. The number of piperazine rings is 1. The van der Waals surface area contributed by atoms with Gasteiger partial charge in [0.05, 0.1) is 0 Å². The molecule has 1 aliphatic heterocycles. The van der Waals surface area contributed by atoms with Crippen molar-refractivity contribution in [3.8, 4) is 0 Å². The number of amides is 1. The Morgan fingerprint density at radius 2 is 1.85 bits per heavy atom. The van der Waals surface area contributed by atoms with Crippen LogP contribution in [0.4, 0.5) is 11.4 Å². The highest BCUT2D eigenvalue weighted by Crippen LogP contribution is 2.20. The van der Waals surface area contributed by atoms with Gasteiger partial charge in [-0.15, -0.1) is 0 Å². The third-order valence-corrected chi connectivity index (χ3v) is 5.08. The number of nitrogens with zero attached hydrogens (tertiary/aromatic N) is 2. The van der Waals surface area contributed by atoms with Gasteiger partial charge in [0.15, 0.2) is 0 Å². The Morgan fingerprint density at radius 3 is 2.54 bits per heavy atom. The number of anilines is 2. The second kappa shape index (κ2) is 8.45. The molecule has 0 aromatic heterocycles. The highest BCUT2D eigenvalue weighted by Gasteiger charge is 2.21. The summed E-state index contributed by atoms with van der Waals surface area (Å²) in [6.07, 6.45) is 0.506. The van der Waals surface area contributed by atoms with Crippen LogP contribution in [0, 0.1) is 13.8 Å². The topological polar surface area (TPSA) is 35.6 Å². The van der Waals surface area contributed by atoms with Crippen LogP contribution in [0.15, 0.2) is 42.5 Å². The molecule has 0 radical (unpaired) electrons. The van der Waals surface area contributed by atoms with Crippen LogP contribution in [0.5, 0.6) is 0 Å². The Kier molecular flexibility index (Phi) is 6.04. The molecule has 1 heterocycles. The first-order chi connectivity index (χ1) is 12.5. The van der Waals surface area contributed by atoms with E-state index in [-0.39, 0.29) is 5.91 Å². The summed E-state index contributed by atoms with van der Waals surface area (Å²) < 4.78 is 0. The van der Waals surface area contributed by atoms with Crippen LogP contribution in [0.2, 0.25) is 5.02 Å². The predicted molar refractivity (Wildman–Crippen MR) is 109 cm³/mol. The molecule has 5 heteroatoms. The Labute approximate surface area is 160 Å². The zero-order valence-electron chi connectivity index (χ0n) is 15.5. The van der Waals surface area contributed by atoms with Gasteiger partial charge in [-0.2, -0.15) is 0 Å². The molecule has 0 bridgehead atoms. The summed E-state index contributed by atoms with van der Waals surface area (Å²) in [6.45, 7) is 8.11. The SMILES string of the molecule is Cc1cccc(N2CCN(C(=O)CCNc3ccc(Cl)cc3C)CC2)c1. The number of benzene rings is 2. The van der Waals surface area contributed by atoms with Crippen LogP contribution in [0.1, 0.15) is 17.5 Å². The number of aryl methyl sites for hydroxylation is 2. The van der Waals surface area contributed by atoms with Crippen molar-refractivity contribution in [2.45, 2.75) is 20.3 Å². The van der Waals surface area contributed by atoms with Crippen molar-refractivity contribution in [2.24, 2.45) is 0 Å². The molecule has 0 unspecified atom stereocenters. The summed E-state index contributed by atoms with van der Waals surface area (Å²) in [4.78, 5) is 16.8. The van der Waals surface area contributed by atoms with Crippen molar-refractivity contribution < 1.29 is 4.79 Å². The number of carbonyl (C=O) groups excluding carboxylic acids is 1. The van der Waals surface area contributed by atoms with E-state index in [9.17, 15) is 4.79 Å². The lowest BCUT2D eigenvalue weighted by atomic mass is 10.2. The molecule has 1 amide bonds. The monoisotopic (exact) mass is 371 g/mol. The number of nitrogens with one attached hydrogen (secondary N) is 1.